The maximum Gasteiger partial charge on any atom is 0.130 e. The van der Waals surface area contributed by atoms with Crippen molar-refractivity contribution < 1.29 is 4.74 Å². The number of hydrogen-bond acceptors (Lipinski definition) is 3. The summed E-state index contributed by atoms with van der Waals surface area (Å²) >= 11 is 1.75. The van der Waals surface area contributed by atoms with Crippen LogP contribution in [0.1, 0.15) is 11.1 Å². The van der Waals surface area contributed by atoms with Gasteiger partial charge in [-0.15, -0.1) is 0 Å². The molecule has 0 unspecified atom stereocenters. The summed E-state index contributed by atoms with van der Waals surface area (Å²) in [4.78, 5) is 0. The van der Waals surface area contributed by atoms with Gasteiger partial charge in [0, 0.05) is 5.75 Å². The van der Waals surface area contributed by atoms with Crippen LogP contribution in [0.25, 0.3) is 0 Å². The van der Waals surface area contributed by atoms with Crippen molar-refractivity contribution in [3.63, 3.8) is 0 Å². The first-order valence-electron chi connectivity index (χ1n) is 4.19. The van der Waals surface area contributed by atoms with Crippen molar-refractivity contribution in [2.24, 2.45) is 5.73 Å². The van der Waals surface area contributed by atoms with E-state index in [9.17, 15) is 0 Å². The molecule has 0 saturated heterocycles. The number of ether oxygens (including phenoxy) is 1. The standard InChI is InChI=1S/C10H14N2OS/c1-13-9-5-7(6-14-2)3-4-8(9)10(11)12/h3-5H,6H2,1-2H3,(H3,11,12). The van der Waals surface area contributed by atoms with Crippen LogP contribution < -0.4 is 10.5 Å². The van der Waals surface area contributed by atoms with E-state index in [1.165, 1.54) is 5.56 Å². The van der Waals surface area contributed by atoms with Crippen molar-refractivity contribution in [1.29, 1.82) is 5.41 Å². The molecule has 0 saturated carbocycles. The maximum absolute atomic E-state index is 7.34. The van der Waals surface area contributed by atoms with Gasteiger partial charge in [-0.25, -0.2) is 0 Å². The van der Waals surface area contributed by atoms with Gasteiger partial charge in [-0.2, -0.15) is 11.8 Å². The van der Waals surface area contributed by atoms with Crippen LogP contribution in [-0.2, 0) is 5.75 Å². The Morgan fingerprint density at radius 1 is 1.57 bits per heavy atom. The van der Waals surface area contributed by atoms with Crippen LogP contribution in [0.5, 0.6) is 5.75 Å². The summed E-state index contributed by atoms with van der Waals surface area (Å²) in [5.74, 6) is 1.65. The first-order chi connectivity index (χ1) is 6.69. The number of amidine groups is 1. The Labute approximate surface area is 88.2 Å². The second-order valence-corrected chi connectivity index (χ2v) is 3.75. The van der Waals surface area contributed by atoms with E-state index >= 15 is 0 Å². The third kappa shape index (κ3) is 2.42. The second-order valence-electron chi connectivity index (χ2n) is 2.88. The molecule has 76 valence electrons. The van der Waals surface area contributed by atoms with Gasteiger partial charge in [-0.1, -0.05) is 6.07 Å². The van der Waals surface area contributed by atoms with Gasteiger partial charge in [0.2, 0.25) is 0 Å². The molecule has 1 rings (SSSR count). The summed E-state index contributed by atoms with van der Waals surface area (Å²) in [5.41, 5.74) is 7.24. The van der Waals surface area contributed by atoms with E-state index in [0.717, 1.165) is 5.75 Å². The number of thioether (sulfide) groups is 1. The highest BCUT2D eigenvalue weighted by atomic mass is 32.2. The van der Waals surface area contributed by atoms with Gasteiger partial charge >= 0.3 is 0 Å². The molecule has 0 amide bonds. The second kappa shape index (κ2) is 4.91. The molecule has 1 aromatic rings. The average molecular weight is 210 g/mol. The minimum atomic E-state index is 0.0394. The third-order valence-electron chi connectivity index (χ3n) is 1.87. The first-order valence-corrected chi connectivity index (χ1v) is 5.58. The summed E-state index contributed by atoms with van der Waals surface area (Å²) in [6, 6.07) is 5.72. The lowest BCUT2D eigenvalue weighted by atomic mass is 10.1. The number of benzene rings is 1. The van der Waals surface area contributed by atoms with E-state index in [-0.39, 0.29) is 5.84 Å². The SMILES string of the molecule is COc1cc(CSC)ccc1C(=N)N. The molecule has 0 bridgehead atoms. The Morgan fingerprint density at radius 3 is 2.79 bits per heavy atom. The largest absolute Gasteiger partial charge is 0.496 e. The lowest BCUT2D eigenvalue weighted by Crippen LogP contribution is -2.12. The van der Waals surface area contributed by atoms with Crippen molar-refractivity contribution in [1.82, 2.24) is 0 Å². The van der Waals surface area contributed by atoms with Gasteiger partial charge in [0.1, 0.15) is 11.6 Å². The average Bonchev–Trinajstić information content (AvgIpc) is 2.17. The smallest absolute Gasteiger partial charge is 0.130 e. The number of hydrogen-bond donors (Lipinski definition) is 2. The Balaban J connectivity index is 3.05. The fourth-order valence-corrected chi connectivity index (χ4v) is 1.73. The van der Waals surface area contributed by atoms with Crippen LogP contribution in [0.3, 0.4) is 0 Å². The highest BCUT2D eigenvalue weighted by Gasteiger charge is 2.06. The summed E-state index contributed by atoms with van der Waals surface area (Å²) < 4.78 is 5.16. The molecular weight excluding hydrogens is 196 g/mol. The monoisotopic (exact) mass is 210 g/mol. The molecule has 14 heavy (non-hydrogen) atoms. The lowest BCUT2D eigenvalue weighted by molar-refractivity contribution is 0.413. The molecule has 0 aromatic heterocycles. The van der Waals surface area contributed by atoms with Crippen LogP contribution in [0, 0.1) is 5.41 Å². The minimum Gasteiger partial charge on any atom is -0.496 e. The zero-order valence-corrected chi connectivity index (χ0v) is 9.15. The minimum absolute atomic E-state index is 0.0394. The highest BCUT2D eigenvalue weighted by Crippen LogP contribution is 2.21. The van der Waals surface area contributed by atoms with E-state index < -0.39 is 0 Å². The normalized spacial score (nSPS) is 9.86. The lowest BCUT2D eigenvalue weighted by Gasteiger charge is -2.08. The van der Waals surface area contributed by atoms with Crippen LogP contribution in [0.15, 0.2) is 18.2 Å². The van der Waals surface area contributed by atoms with E-state index in [4.69, 9.17) is 15.9 Å². The van der Waals surface area contributed by atoms with E-state index in [1.807, 2.05) is 24.5 Å². The fourth-order valence-electron chi connectivity index (χ4n) is 1.21. The predicted molar refractivity (Wildman–Crippen MR) is 61.2 cm³/mol. The molecule has 0 atom stereocenters. The Kier molecular flexibility index (Phi) is 3.83. The van der Waals surface area contributed by atoms with E-state index in [0.29, 0.717) is 11.3 Å². The molecule has 0 fully saturated rings. The Bertz CT molecular complexity index is 339. The van der Waals surface area contributed by atoms with Crippen LogP contribution in [0.2, 0.25) is 0 Å². The Hall–Kier alpha value is -1.16. The van der Waals surface area contributed by atoms with Crippen molar-refractivity contribution in [2.75, 3.05) is 13.4 Å². The van der Waals surface area contributed by atoms with Gasteiger partial charge < -0.3 is 10.5 Å². The van der Waals surface area contributed by atoms with Crippen molar-refractivity contribution in [2.45, 2.75) is 5.75 Å². The van der Waals surface area contributed by atoms with Gasteiger partial charge in [0.25, 0.3) is 0 Å². The van der Waals surface area contributed by atoms with Crippen molar-refractivity contribution in [3.8, 4) is 5.75 Å². The summed E-state index contributed by atoms with van der Waals surface area (Å²) in [7, 11) is 1.59. The quantitative estimate of drug-likeness (QED) is 0.589. The number of nitrogens with two attached hydrogens (primary N) is 1. The first kappa shape index (κ1) is 10.9. The van der Waals surface area contributed by atoms with Crippen LogP contribution >= 0.6 is 11.8 Å². The highest BCUT2D eigenvalue weighted by molar-refractivity contribution is 7.97. The zero-order chi connectivity index (χ0) is 10.6. The molecule has 1 aromatic carbocycles. The van der Waals surface area contributed by atoms with E-state index in [2.05, 4.69) is 0 Å². The van der Waals surface area contributed by atoms with Crippen LogP contribution in [0.4, 0.5) is 0 Å². The van der Waals surface area contributed by atoms with Crippen molar-refractivity contribution in [3.05, 3.63) is 29.3 Å². The number of methoxy groups -OCH3 is 1. The number of nitrogen functional groups attached to an aromatic ring is 1. The molecule has 4 heteroatoms. The third-order valence-corrected chi connectivity index (χ3v) is 2.49. The van der Waals surface area contributed by atoms with Gasteiger partial charge in [0.05, 0.1) is 12.7 Å². The fraction of sp³-hybridized carbons (Fsp3) is 0.300. The molecule has 0 spiro atoms. The van der Waals surface area contributed by atoms with Gasteiger partial charge in [-0.05, 0) is 24.0 Å². The molecule has 0 aliphatic rings. The van der Waals surface area contributed by atoms with Crippen LogP contribution in [-0.4, -0.2) is 19.2 Å². The van der Waals surface area contributed by atoms with Gasteiger partial charge in [0.15, 0.2) is 0 Å². The number of nitrogens with one attached hydrogen (secondary N) is 1. The van der Waals surface area contributed by atoms with E-state index in [1.54, 1.807) is 18.9 Å². The maximum atomic E-state index is 7.34. The predicted octanol–water partition coefficient (Wildman–Crippen LogP) is 1.84. The Morgan fingerprint density at radius 2 is 2.29 bits per heavy atom. The molecule has 3 nitrogen and oxygen atoms in total. The molecule has 0 aliphatic carbocycles. The summed E-state index contributed by atoms with van der Waals surface area (Å²) in [5, 5.41) is 7.34. The van der Waals surface area contributed by atoms with Crippen molar-refractivity contribution >= 4 is 17.6 Å². The van der Waals surface area contributed by atoms with Gasteiger partial charge in [-0.3, -0.25) is 5.41 Å². The molecular formula is C10H14N2OS. The molecule has 0 aliphatic heterocycles. The topological polar surface area (TPSA) is 59.1 Å². The molecule has 0 heterocycles. The molecule has 3 N–H and O–H groups in total. The summed E-state index contributed by atoms with van der Waals surface area (Å²) in [6.45, 7) is 0. The summed E-state index contributed by atoms with van der Waals surface area (Å²) in [6.07, 6.45) is 2.05. The molecule has 0 radical (unpaired) electrons. The zero-order valence-electron chi connectivity index (χ0n) is 8.33. The number of rotatable bonds is 4.